The summed E-state index contributed by atoms with van der Waals surface area (Å²) in [5.41, 5.74) is 8.42. The van der Waals surface area contributed by atoms with Gasteiger partial charge in [-0.3, -0.25) is 0 Å². The molecule has 0 radical (unpaired) electrons. The number of nitrogens with zero attached hydrogens (tertiary/aromatic N) is 2. The average molecular weight is 231 g/mol. The van der Waals surface area contributed by atoms with Gasteiger partial charge in [0.1, 0.15) is 0 Å². The third kappa shape index (κ3) is 1.99. The van der Waals surface area contributed by atoms with Crippen LogP contribution in [0.25, 0.3) is 5.69 Å². The molecule has 17 heavy (non-hydrogen) atoms. The molecule has 2 aromatic rings. The second-order valence-electron chi connectivity index (χ2n) is 3.92. The summed E-state index contributed by atoms with van der Waals surface area (Å²) in [4.78, 5) is 11.2. The predicted molar refractivity (Wildman–Crippen MR) is 64.4 cm³/mol. The number of hydrogen-bond acceptors (Lipinski definition) is 3. The van der Waals surface area contributed by atoms with E-state index in [0.29, 0.717) is 11.4 Å². The van der Waals surface area contributed by atoms with Gasteiger partial charge in [0.05, 0.1) is 16.9 Å². The molecule has 0 aliphatic carbocycles. The molecule has 0 saturated carbocycles. The van der Waals surface area contributed by atoms with Crippen molar-refractivity contribution in [3.8, 4) is 5.69 Å². The van der Waals surface area contributed by atoms with Crippen LogP contribution in [0.1, 0.15) is 21.7 Å². The molecule has 0 spiro atoms. The molecule has 88 valence electrons. The van der Waals surface area contributed by atoms with Crippen molar-refractivity contribution >= 4 is 11.7 Å². The quantitative estimate of drug-likeness (QED) is 0.772. The van der Waals surface area contributed by atoms with E-state index in [0.717, 1.165) is 11.4 Å². The maximum Gasteiger partial charge on any atom is 0.337 e. The molecule has 5 heteroatoms. The van der Waals surface area contributed by atoms with Gasteiger partial charge in [0.2, 0.25) is 0 Å². The summed E-state index contributed by atoms with van der Waals surface area (Å²) in [6.07, 6.45) is 0. The van der Waals surface area contributed by atoms with Crippen molar-refractivity contribution in [3.63, 3.8) is 0 Å². The number of hydrogen-bond donors (Lipinski definition) is 2. The zero-order chi connectivity index (χ0) is 12.6. The van der Waals surface area contributed by atoms with Crippen LogP contribution in [0, 0.1) is 13.8 Å². The van der Waals surface area contributed by atoms with Crippen LogP contribution in [0.4, 0.5) is 5.69 Å². The predicted octanol–water partition coefficient (Wildman–Crippen LogP) is 1.77. The van der Waals surface area contributed by atoms with Crippen LogP contribution < -0.4 is 5.73 Å². The van der Waals surface area contributed by atoms with E-state index in [4.69, 9.17) is 10.8 Å². The highest BCUT2D eigenvalue weighted by Gasteiger charge is 2.14. The van der Waals surface area contributed by atoms with E-state index in [9.17, 15) is 4.79 Å². The third-order valence-corrected chi connectivity index (χ3v) is 2.49. The van der Waals surface area contributed by atoms with E-state index in [1.54, 1.807) is 16.8 Å². The molecule has 0 bridgehead atoms. The van der Waals surface area contributed by atoms with Gasteiger partial charge in [0, 0.05) is 11.4 Å². The second kappa shape index (κ2) is 3.93. The van der Waals surface area contributed by atoms with E-state index < -0.39 is 5.97 Å². The van der Waals surface area contributed by atoms with E-state index in [-0.39, 0.29) is 5.56 Å². The van der Waals surface area contributed by atoms with E-state index in [1.807, 2.05) is 19.9 Å². The number of nitrogens with two attached hydrogens (primary N) is 1. The van der Waals surface area contributed by atoms with Crippen LogP contribution in [0.15, 0.2) is 24.3 Å². The van der Waals surface area contributed by atoms with Gasteiger partial charge in [-0.05, 0) is 38.1 Å². The van der Waals surface area contributed by atoms with Crippen molar-refractivity contribution in [1.82, 2.24) is 9.78 Å². The fourth-order valence-corrected chi connectivity index (χ4v) is 1.78. The highest BCUT2D eigenvalue weighted by atomic mass is 16.4. The van der Waals surface area contributed by atoms with Crippen LogP contribution in [0.2, 0.25) is 0 Å². The average Bonchev–Trinajstić information content (AvgIpc) is 2.57. The molecule has 0 fully saturated rings. The lowest BCUT2D eigenvalue weighted by Crippen LogP contribution is -2.08. The Bertz CT molecular complexity index is 587. The summed E-state index contributed by atoms with van der Waals surface area (Å²) in [6.45, 7) is 3.74. The summed E-state index contributed by atoms with van der Waals surface area (Å²) < 4.78 is 1.61. The lowest BCUT2D eigenvalue weighted by atomic mass is 10.1. The molecule has 0 aliphatic heterocycles. The van der Waals surface area contributed by atoms with Crippen molar-refractivity contribution in [2.45, 2.75) is 13.8 Å². The van der Waals surface area contributed by atoms with Crippen LogP contribution in [0.5, 0.6) is 0 Å². The van der Waals surface area contributed by atoms with Crippen LogP contribution in [-0.2, 0) is 0 Å². The standard InChI is InChI=1S/C12H13N3O2/c1-7-5-8(2)15(14-7)11-4-3-9(13)6-10(11)12(16)17/h3-6H,13H2,1-2H3,(H,16,17). The first-order chi connectivity index (χ1) is 7.99. The van der Waals surface area contributed by atoms with Crippen LogP contribution in [-0.4, -0.2) is 20.9 Å². The Kier molecular flexibility index (Phi) is 2.59. The van der Waals surface area contributed by atoms with Crippen LogP contribution in [0.3, 0.4) is 0 Å². The Hall–Kier alpha value is -2.30. The minimum absolute atomic E-state index is 0.149. The van der Waals surface area contributed by atoms with Crippen molar-refractivity contribution in [2.75, 3.05) is 5.73 Å². The maximum absolute atomic E-state index is 11.2. The number of nitrogen functional groups attached to an aromatic ring is 1. The molecule has 0 aliphatic rings. The number of aromatic carboxylic acids is 1. The third-order valence-electron chi connectivity index (χ3n) is 2.49. The largest absolute Gasteiger partial charge is 0.478 e. The van der Waals surface area contributed by atoms with E-state index in [2.05, 4.69) is 5.10 Å². The topological polar surface area (TPSA) is 81.1 Å². The Balaban J connectivity index is 2.67. The van der Waals surface area contributed by atoms with Gasteiger partial charge >= 0.3 is 5.97 Å². The number of carboxylic acid groups (broad SMARTS) is 1. The number of benzene rings is 1. The fourth-order valence-electron chi connectivity index (χ4n) is 1.78. The number of aromatic nitrogens is 2. The van der Waals surface area contributed by atoms with Gasteiger partial charge in [-0.2, -0.15) is 5.10 Å². The highest BCUT2D eigenvalue weighted by molar-refractivity contribution is 5.93. The van der Waals surface area contributed by atoms with Gasteiger partial charge in [-0.15, -0.1) is 0 Å². The molecule has 3 N–H and O–H groups in total. The molecule has 5 nitrogen and oxygen atoms in total. The summed E-state index contributed by atoms with van der Waals surface area (Å²) in [5, 5.41) is 13.4. The number of anilines is 1. The Morgan fingerprint density at radius 1 is 1.35 bits per heavy atom. The Morgan fingerprint density at radius 2 is 2.06 bits per heavy atom. The van der Waals surface area contributed by atoms with Crippen molar-refractivity contribution in [3.05, 3.63) is 41.2 Å². The van der Waals surface area contributed by atoms with E-state index in [1.165, 1.54) is 6.07 Å². The first kappa shape index (κ1) is 11.2. The molecule has 0 atom stereocenters. The Morgan fingerprint density at radius 3 is 2.59 bits per heavy atom. The number of carbonyl (C=O) groups is 1. The second-order valence-corrected chi connectivity index (χ2v) is 3.92. The molecule has 1 aromatic carbocycles. The lowest BCUT2D eigenvalue weighted by molar-refractivity contribution is 0.0697. The molecule has 1 aromatic heterocycles. The smallest absolute Gasteiger partial charge is 0.337 e. The molecule has 0 saturated heterocycles. The number of aryl methyl sites for hydroxylation is 2. The molecular weight excluding hydrogens is 218 g/mol. The zero-order valence-electron chi connectivity index (χ0n) is 9.64. The minimum atomic E-state index is -1.01. The molecule has 0 unspecified atom stereocenters. The van der Waals surface area contributed by atoms with Crippen molar-refractivity contribution in [2.24, 2.45) is 0 Å². The van der Waals surface area contributed by atoms with Gasteiger partial charge in [0.25, 0.3) is 0 Å². The normalized spacial score (nSPS) is 10.5. The van der Waals surface area contributed by atoms with Gasteiger partial charge in [-0.1, -0.05) is 0 Å². The number of carboxylic acids is 1. The highest BCUT2D eigenvalue weighted by Crippen LogP contribution is 2.19. The van der Waals surface area contributed by atoms with Gasteiger partial charge in [-0.25, -0.2) is 9.48 Å². The summed E-state index contributed by atoms with van der Waals surface area (Å²) >= 11 is 0. The van der Waals surface area contributed by atoms with Gasteiger partial charge < -0.3 is 10.8 Å². The SMILES string of the molecule is Cc1cc(C)n(-c2ccc(N)cc2C(=O)O)n1. The van der Waals surface area contributed by atoms with Crippen molar-refractivity contribution < 1.29 is 9.90 Å². The zero-order valence-corrected chi connectivity index (χ0v) is 9.64. The summed E-state index contributed by atoms with van der Waals surface area (Å²) in [6, 6.07) is 6.66. The molecule has 2 rings (SSSR count). The first-order valence-corrected chi connectivity index (χ1v) is 5.15. The first-order valence-electron chi connectivity index (χ1n) is 5.15. The van der Waals surface area contributed by atoms with Gasteiger partial charge in [0.15, 0.2) is 0 Å². The lowest BCUT2D eigenvalue weighted by Gasteiger charge is -2.08. The number of rotatable bonds is 2. The summed E-state index contributed by atoms with van der Waals surface area (Å²) in [7, 11) is 0. The molecule has 0 amide bonds. The maximum atomic E-state index is 11.2. The molecule has 1 heterocycles. The molecular formula is C12H13N3O2. The Labute approximate surface area is 98.5 Å². The van der Waals surface area contributed by atoms with E-state index >= 15 is 0 Å². The minimum Gasteiger partial charge on any atom is -0.478 e. The summed E-state index contributed by atoms with van der Waals surface area (Å²) in [5.74, 6) is -1.01. The van der Waals surface area contributed by atoms with Crippen LogP contribution >= 0.6 is 0 Å². The fraction of sp³-hybridized carbons (Fsp3) is 0.167. The van der Waals surface area contributed by atoms with Crippen molar-refractivity contribution in [1.29, 1.82) is 0 Å². The monoisotopic (exact) mass is 231 g/mol.